The van der Waals surface area contributed by atoms with E-state index in [-0.39, 0.29) is 11.8 Å². The van der Waals surface area contributed by atoms with Crippen LogP contribution in [0.25, 0.3) is 0 Å². The molecular formula is C19H23NO3S. The maximum absolute atomic E-state index is 12.6. The van der Waals surface area contributed by atoms with E-state index >= 15 is 0 Å². The number of aryl methyl sites for hydroxylation is 1. The third kappa shape index (κ3) is 4.45. The monoisotopic (exact) mass is 345 g/mol. The summed E-state index contributed by atoms with van der Waals surface area (Å²) < 4.78 is 25.1. The maximum Gasteiger partial charge on any atom is 0.238 e. The molecule has 0 bridgehead atoms. The minimum absolute atomic E-state index is 0.131. The van der Waals surface area contributed by atoms with Crippen molar-refractivity contribution in [1.82, 2.24) is 5.32 Å². The number of rotatable bonds is 6. The molecule has 0 saturated carbocycles. The van der Waals surface area contributed by atoms with E-state index < -0.39 is 21.0 Å². The largest absolute Gasteiger partial charge is 0.348 e. The zero-order chi connectivity index (χ0) is 17.7. The second-order valence-corrected chi connectivity index (χ2v) is 8.34. The van der Waals surface area contributed by atoms with E-state index in [2.05, 4.69) is 5.32 Å². The van der Waals surface area contributed by atoms with E-state index in [4.69, 9.17) is 0 Å². The summed E-state index contributed by atoms with van der Waals surface area (Å²) in [7, 11) is -3.57. The Balaban J connectivity index is 2.07. The fourth-order valence-corrected chi connectivity index (χ4v) is 3.83. The Morgan fingerprint density at radius 2 is 1.58 bits per heavy atom. The lowest BCUT2D eigenvalue weighted by atomic mass is 10.1. The van der Waals surface area contributed by atoms with E-state index in [0.29, 0.717) is 0 Å². The van der Waals surface area contributed by atoms with Crippen LogP contribution in [0, 0.1) is 6.92 Å². The first-order valence-electron chi connectivity index (χ1n) is 7.92. The fraction of sp³-hybridized carbons (Fsp3) is 0.316. The highest BCUT2D eigenvalue weighted by Gasteiger charge is 2.29. The van der Waals surface area contributed by atoms with Gasteiger partial charge in [-0.25, -0.2) is 8.42 Å². The summed E-state index contributed by atoms with van der Waals surface area (Å²) in [6, 6.07) is 16.5. The van der Waals surface area contributed by atoms with E-state index in [1.165, 1.54) is 6.92 Å². The first-order valence-corrected chi connectivity index (χ1v) is 9.64. The third-order valence-electron chi connectivity index (χ3n) is 4.18. The highest BCUT2D eigenvalue weighted by molar-refractivity contribution is 7.92. The van der Waals surface area contributed by atoms with Crippen LogP contribution in [0.4, 0.5) is 0 Å². The van der Waals surface area contributed by atoms with Crippen LogP contribution in [0.2, 0.25) is 0 Å². The molecule has 24 heavy (non-hydrogen) atoms. The summed E-state index contributed by atoms with van der Waals surface area (Å²) in [5.74, 6) is -0.603. The number of sulfone groups is 1. The van der Waals surface area contributed by atoms with Crippen molar-refractivity contribution in [2.24, 2.45) is 0 Å². The molecule has 5 heteroatoms. The molecular weight excluding hydrogens is 322 g/mol. The molecule has 0 fully saturated rings. The molecule has 0 aliphatic rings. The van der Waals surface area contributed by atoms with Crippen molar-refractivity contribution in [1.29, 1.82) is 0 Å². The molecule has 2 aromatic carbocycles. The van der Waals surface area contributed by atoms with Gasteiger partial charge in [-0.2, -0.15) is 0 Å². The van der Waals surface area contributed by atoms with Gasteiger partial charge in [0.25, 0.3) is 0 Å². The van der Waals surface area contributed by atoms with E-state index in [0.717, 1.165) is 16.7 Å². The second-order valence-electron chi connectivity index (χ2n) is 6.02. The van der Waals surface area contributed by atoms with E-state index in [1.54, 1.807) is 12.1 Å². The highest BCUT2D eigenvalue weighted by Crippen LogP contribution is 2.17. The minimum Gasteiger partial charge on any atom is -0.348 e. The van der Waals surface area contributed by atoms with Gasteiger partial charge in [0.1, 0.15) is 5.25 Å². The van der Waals surface area contributed by atoms with Gasteiger partial charge in [0.2, 0.25) is 5.91 Å². The van der Waals surface area contributed by atoms with Gasteiger partial charge < -0.3 is 5.32 Å². The lowest BCUT2D eigenvalue weighted by Gasteiger charge is -2.18. The molecule has 2 rings (SSSR count). The number of amides is 1. The zero-order valence-corrected chi connectivity index (χ0v) is 15.0. The standard InChI is InChI=1S/C19H23NO3S/c1-14-9-7-8-12-18(14)13-24(22,23)16(3)19(21)20-15(2)17-10-5-4-6-11-17/h4-12,15-16H,13H2,1-3H3,(H,20,21)/t15-,16-/m0/s1. The van der Waals surface area contributed by atoms with Crippen molar-refractivity contribution >= 4 is 15.7 Å². The number of hydrogen-bond acceptors (Lipinski definition) is 3. The summed E-state index contributed by atoms with van der Waals surface area (Å²) in [5, 5.41) is 1.69. The smallest absolute Gasteiger partial charge is 0.238 e. The van der Waals surface area contributed by atoms with Crippen LogP contribution < -0.4 is 5.32 Å². The average molecular weight is 345 g/mol. The molecule has 0 spiro atoms. The van der Waals surface area contributed by atoms with Crippen molar-refractivity contribution < 1.29 is 13.2 Å². The van der Waals surface area contributed by atoms with Gasteiger partial charge in [-0.1, -0.05) is 54.6 Å². The Morgan fingerprint density at radius 3 is 2.21 bits per heavy atom. The van der Waals surface area contributed by atoms with Gasteiger partial charge in [0, 0.05) is 0 Å². The van der Waals surface area contributed by atoms with Crippen LogP contribution >= 0.6 is 0 Å². The van der Waals surface area contributed by atoms with Crippen LogP contribution in [0.3, 0.4) is 0 Å². The molecule has 2 atom stereocenters. The van der Waals surface area contributed by atoms with Crippen LogP contribution in [-0.2, 0) is 20.4 Å². The number of nitrogens with one attached hydrogen (secondary N) is 1. The molecule has 1 N–H and O–H groups in total. The normalized spacial score (nSPS) is 14.0. The van der Waals surface area contributed by atoms with Gasteiger partial charge in [-0.3, -0.25) is 4.79 Å². The SMILES string of the molecule is Cc1ccccc1CS(=O)(=O)[C@@H](C)C(=O)N[C@@H](C)c1ccccc1. The Bertz CT molecular complexity index is 800. The summed E-state index contributed by atoms with van der Waals surface area (Å²) >= 11 is 0. The molecule has 0 aromatic heterocycles. The summed E-state index contributed by atoms with van der Waals surface area (Å²) in [6.45, 7) is 5.15. The Hall–Kier alpha value is -2.14. The quantitative estimate of drug-likeness (QED) is 0.874. The molecule has 0 aliphatic carbocycles. The third-order valence-corrected chi connectivity index (χ3v) is 6.19. The molecule has 2 aromatic rings. The number of carbonyl (C=O) groups excluding carboxylic acids is 1. The molecule has 0 heterocycles. The predicted molar refractivity (Wildman–Crippen MR) is 96.3 cm³/mol. The highest BCUT2D eigenvalue weighted by atomic mass is 32.2. The van der Waals surface area contributed by atoms with Gasteiger partial charge in [-0.15, -0.1) is 0 Å². The van der Waals surface area contributed by atoms with Gasteiger partial charge in [-0.05, 0) is 37.5 Å². The van der Waals surface area contributed by atoms with Crippen molar-refractivity contribution in [3.05, 3.63) is 71.3 Å². The molecule has 1 amide bonds. The molecule has 0 aliphatic heterocycles. The molecule has 4 nitrogen and oxygen atoms in total. The predicted octanol–water partition coefficient (Wildman–Crippen LogP) is 3.18. The minimum atomic E-state index is -3.57. The summed E-state index contributed by atoms with van der Waals surface area (Å²) in [5.41, 5.74) is 2.58. The van der Waals surface area contributed by atoms with Crippen LogP contribution in [0.5, 0.6) is 0 Å². The summed E-state index contributed by atoms with van der Waals surface area (Å²) in [6.07, 6.45) is 0. The van der Waals surface area contributed by atoms with Crippen LogP contribution in [0.15, 0.2) is 54.6 Å². The summed E-state index contributed by atoms with van der Waals surface area (Å²) in [4.78, 5) is 12.4. The fourth-order valence-electron chi connectivity index (χ4n) is 2.43. The number of hydrogen-bond donors (Lipinski definition) is 1. The molecule has 128 valence electrons. The first-order chi connectivity index (χ1) is 11.3. The van der Waals surface area contributed by atoms with Gasteiger partial charge in [0.05, 0.1) is 11.8 Å². The van der Waals surface area contributed by atoms with E-state index in [1.807, 2.05) is 56.3 Å². The number of carbonyl (C=O) groups is 1. The van der Waals surface area contributed by atoms with Crippen molar-refractivity contribution in [2.45, 2.75) is 37.8 Å². The van der Waals surface area contributed by atoms with Gasteiger partial charge in [0.15, 0.2) is 9.84 Å². The Labute approximate surface area is 143 Å². The Morgan fingerprint density at radius 1 is 1.00 bits per heavy atom. The van der Waals surface area contributed by atoms with Gasteiger partial charge >= 0.3 is 0 Å². The lowest BCUT2D eigenvalue weighted by Crippen LogP contribution is -2.39. The zero-order valence-electron chi connectivity index (χ0n) is 14.2. The second kappa shape index (κ2) is 7.62. The maximum atomic E-state index is 12.6. The first kappa shape index (κ1) is 18.2. The molecule has 0 unspecified atom stereocenters. The van der Waals surface area contributed by atoms with E-state index in [9.17, 15) is 13.2 Å². The molecule has 0 radical (unpaired) electrons. The lowest BCUT2D eigenvalue weighted by molar-refractivity contribution is -0.121. The van der Waals surface area contributed by atoms with Crippen LogP contribution in [0.1, 0.15) is 36.6 Å². The Kier molecular flexibility index (Phi) is 5.78. The van der Waals surface area contributed by atoms with Crippen molar-refractivity contribution in [2.75, 3.05) is 0 Å². The number of benzene rings is 2. The molecule has 0 saturated heterocycles. The average Bonchev–Trinajstić information content (AvgIpc) is 2.56. The van der Waals surface area contributed by atoms with Crippen LogP contribution in [-0.4, -0.2) is 19.6 Å². The topological polar surface area (TPSA) is 63.2 Å². The van der Waals surface area contributed by atoms with Crippen molar-refractivity contribution in [3.8, 4) is 0 Å². The van der Waals surface area contributed by atoms with Crippen molar-refractivity contribution in [3.63, 3.8) is 0 Å².